The van der Waals surface area contributed by atoms with Crippen molar-refractivity contribution in [3.63, 3.8) is 0 Å². The predicted octanol–water partition coefficient (Wildman–Crippen LogP) is 2.79. The highest BCUT2D eigenvalue weighted by Gasteiger charge is 2.08. The van der Waals surface area contributed by atoms with Crippen molar-refractivity contribution in [2.45, 2.75) is 59.8 Å². The molecule has 0 radical (unpaired) electrons. The summed E-state index contributed by atoms with van der Waals surface area (Å²) >= 11 is 0. The highest BCUT2D eigenvalue weighted by Crippen LogP contribution is 2.17. The highest BCUT2D eigenvalue weighted by atomic mass is 16.3. The smallest absolute Gasteiger partial charge is 0.0555 e. The Morgan fingerprint density at radius 3 is 2.21 bits per heavy atom. The second kappa shape index (κ2) is 11.7. The molecule has 1 atom stereocenters. The zero-order chi connectivity index (χ0) is 14.6. The molecule has 0 rings (SSSR count). The van der Waals surface area contributed by atoms with Gasteiger partial charge in [0.2, 0.25) is 0 Å². The van der Waals surface area contributed by atoms with Crippen molar-refractivity contribution in [3.8, 4) is 0 Å². The summed E-state index contributed by atoms with van der Waals surface area (Å²) in [5.41, 5.74) is 0.448. The normalized spacial score (nSPS) is 13.7. The summed E-state index contributed by atoms with van der Waals surface area (Å²) in [7, 11) is 0. The van der Waals surface area contributed by atoms with E-state index >= 15 is 0 Å². The lowest BCUT2D eigenvalue weighted by molar-refractivity contribution is 0.290. The fraction of sp³-hybridized carbons (Fsp3) is 1.00. The second-order valence-corrected chi connectivity index (χ2v) is 6.92. The van der Waals surface area contributed by atoms with Gasteiger partial charge in [-0.25, -0.2) is 0 Å². The van der Waals surface area contributed by atoms with Crippen LogP contribution >= 0.6 is 0 Å². The fourth-order valence-corrected chi connectivity index (χ4v) is 2.03. The summed E-state index contributed by atoms with van der Waals surface area (Å²) in [6.45, 7) is 13.5. The third-order valence-corrected chi connectivity index (χ3v) is 3.45. The predicted molar refractivity (Wildman–Crippen MR) is 84.5 cm³/mol. The standard InChI is InChI=1S/C16H36N2O/c1-15(8-11-18-13-14-19)7-5-6-10-17-12-9-16(2,3)4/h15,17-19H,5-14H2,1-4H3. The number of hydrogen-bond donors (Lipinski definition) is 3. The zero-order valence-corrected chi connectivity index (χ0v) is 13.6. The summed E-state index contributed by atoms with van der Waals surface area (Å²) in [4.78, 5) is 0. The first-order valence-corrected chi connectivity index (χ1v) is 7.98. The maximum atomic E-state index is 8.66. The van der Waals surface area contributed by atoms with E-state index in [0.29, 0.717) is 5.41 Å². The molecule has 19 heavy (non-hydrogen) atoms. The van der Waals surface area contributed by atoms with Crippen molar-refractivity contribution >= 4 is 0 Å². The molecule has 0 aromatic rings. The van der Waals surface area contributed by atoms with E-state index in [-0.39, 0.29) is 6.61 Å². The van der Waals surface area contributed by atoms with Gasteiger partial charge in [0.1, 0.15) is 0 Å². The first kappa shape index (κ1) is 18.9. The molecule has 0 aliphatic carbocycles. The van der Waals surface area contributed by atoms with Crippen LogP contribution in [0.2, 0.25) is 0 Å². The van der Waals surface area contributed by atoms with E-state index < -0.39 is 0 Å². The van der Waals surface area contributed by atoms with Crippen LogP contribution in [0.4, 0.5) is 0 Å². The van der Waals surface area contributed by atoms with Gasteiger partial charge in [-0.1, -0.05) is 40.5 Å². The van der Waals surface area contributed by atoms with Crippen LogP contribution in [0, 0.1) is 11.3 Å². The molecule has 0 saturated heterocycles. The molecular weight excluding hydrogens is 236 g/mol. The van der Waals surface area contributed by atoms with Crippen LogP contribution in [0.3, 0.4) is 0 Å². The molecule has 0 bridgehead atoms. The van der Waals surface area contributed by atoms with Crippen LogP contribution in [0.1, 0.15) is 59.8 Å². The average Bonchev–Trinajstić information content (AvgIpc) is 2.32. The van der Waals surface area contributed by atoms with Gasteiger partial charge >= 0.3 is 0 Å². The van der Waals surface area contributed by atoms with Crippen molar-refractivity contribution in [1.82, 2.24) is 10.6 Å². The third-order valence-electron chi connectivity index (χ3n) is 3.45. The Morgan fingerprint density at radius 1 is 0.895 bits per heavy atom. The molecule has 3 heteroatoms. The molecule has 0 spiro atoms. The lowest BCUT2D eigenvalue weighted by atomic mass is 9.92. The number of hydrogen-bond acceptors (Lipinski definition) is 3. The van der Waals surface area contributed by atoms with Crippen molar-refractivity contribution in [2.24, 2.45) is 11.3 Å². The Kier molecular flexibility index (Phi) is 11.6. The minimum Gasteiger partial charge on any atom is -0.395 e. The van der Waals surface area contributed by atoms with E-state index in [1.807, 2.05) is 0 Å². The van der Waals surface area contributed by atoms with Crippen LogP contribution in [0.25, 0.3) is 0 Å². The number of aliphatic hydroxyl groups is 1. The Morgan fingerprint density at radius 2 is 1.58 bits per heavy atom. The molecule has 0 aromatic heterocycles. The molecule has 0 fully saturated rings. The van der Waals surface area contributed by atoms with Crippen LogP contribution in [-0.4, -0.2) is 37.9 Å². The first-order chi connectivity index (χ1) is 8.95. The number of unbranched alkanes of at least 4 members (excludes halogenated alkanes) is 1. The number of rotatable bonds is 12. The van der Waals surface area contributed by atoms with Crippen molar-refractivity contribution < 1.29 is 5.11 Å². The van der Waals surface area contributed by atoms with Crippen LogP contribution in [0.5, 0.6) is 0 Å². The maximum absolute atomic E-state index is 8.66. The molecule has 3 nitrogen and oxygen atoms in total. The number of aliphatic hydroxyl groups excluding tert-OH is 1. The molecule has 0 amide bonds. The van der Waals surface area contributed by atoms with Crippen LogP contribution in [0.15, 0.2) is 0 Å². The minimum atomic E-state index is 0.245. The van der Waals surface area contributed by atoms with E-state index in [4.69, 9.17) is 5.11 Å². The van der Waals surface area contributed by atoms with Crippen molar-refractivity contribution in [1.29, 1.82) is 0 Å². The van der Waals surface area contributed by atoms with Gasteiger partial charge in [0.15, 0.2) is 0 Å². The Hall–Kier alpha value is -0.120. The van der Waals surface area contributed by atoms with Crippen LogP contribution in [-0.2, 0) is 0 Å². The minimum absolute atomic E-state index is 0.245. The van der Waals surface area contributed by atoms with E-state index in [2.05, 4.69) is 38.3 Å². The largest absolute Gasteiger partial charge is 0.395 e. The van der Waals surface area contributed by atoms with E-state index in [9.17, 15) is 0 Å². The maximum Gasteiger partial charge on any atom is 0.0555 e. The Balaban J connectivity index is 3.20. The molecule has 0 aliphatic heterocycles. The van der Waals surface area contributed by atoms with Gasteiger partial charge in [-0.2, -0.15) is 0 Å². The van der Waals surface area contributed by atoms with Crippen LogP contribution < -0.4 is 10.6 Å². The van der Waals surface area contributed by atoms with Gasteiger partial charge in [-0.15, -0.1) is 0 Å². The third kappa shape index (κ3) is 15.8. The summed E-state index contributed by atoms with van der Waals surface area (Å²) in [6, 6.07) is 0. The van der Waals surface area contributed by atoms with Gasteiger partial charge in [-0.05, 0) is 50.2 Å². The van der Waals surface area contributed by atoms with Crippen molar-refractivity contribution in [2.75, 3.05) is 32.8 Å². The quantitative estimate of drug-likeness (QED) is 0.479. The molecule has 3 N–H and O–H groups in total. The Labute approximate surface area is 120 Å². The van der Waals surface area contributed by atoms with Gasteiger partial charge in [0, 0.05) is 6.54 Å². The molecule has 0 saturated carbocycles. The monoisotopic (exact) mass is 272 g/mol. The summed E-state index contributed by atoms with van der Waals surface area (Å²) in [5, 5.41) is 15.4. The van der Waals surface area contributed by atoms with E-state index in [1.165, 1.54) is 32.1 Å². The Bertz CT molecular complexity index is 190. The first-order valence-electron chi connectivity index (χ1n) is 7.98. The molecule has 0 aliphatic rings. The lowest BCUT2D eigenvalue weighted by Gasteiger charge is -2.18. The summed E-state index contributed by atoms with van der Waals surface area (Å²) < 4.78 is 0. The van der Waals surface area contributed by atoms with Crippen molar-refractivity contribution in [3.05, 3.63) is 0 Å². The van der Waals surface area contributed by atoms with E-state index in [0.717, 1.165) is 32.1 Å². The molecular formula is C16H36N2O. The zero-order valence-electron chi connectivity index (χ0n) is 13.6. The lowest BCUT2D eigenvalue weighted by Crippen LogP contribution is -2.22. The number of nitrogens with one attached hydrogen (secondary N) is 2. The molecule has 1 unspecified atom stereocenters. The van der Waals surface area contributed by atoms with Gasteiger partial charge in [-0.3, -0.25) is 0 Å². The van der Waals surface area contributed by atoms with E-state index in [1.54, 1.807) is 0 Å². The molecule has 0 heterocycles. The van der Waals surface area contributed by atoms with Gasteiger partial charge < -0.3 is 15.7 Å². The highest BCUT2D eigenvalue weighted by molar-refractivity contribution is 4.63. The molecule has 0 aromatic carbocycles. The van der Waals surface area contributed by atoms with Gasteiger partial charge in [0.05, 0.1) is 6.61 Å². The fourth-order valence-electron chi connectivity index (χ4n) is 2.03. The second-order valence-electron chi connectivity index (χ2n) is 6.92. The average molecular weight is 272 g/mol. The topological polar surface area (TPSA) is 44.3 Å². The summed E-state index contributed by atoms with van der Waals surface area (Å²) in [5.74, 6) is 0.792. The van der Waals surface area contributed by atoms with Gasteiger partial charge in [0.25, 0.3) is 0 Å². The summed E-state index contributed by atoms with van der Waals surface area (Å²) in [6.07, 6.45) is 6.40. The SMILES string of the molecule is CC(CCCCNCCC(C)(C)C)CCNCCO. The molecule has 116 valence electrons.